The Kier molecular flexibility index (Phi) is 5.43. The molecule has 7 heteroatoms. The van der Waals surface area contributed by atoms with E-state index in [4.69, 9.17) is 0 Å². The van der Waals surface area contributed by atoms with Gasteiger partial charge in [0.15, 0.2) is 5.82 Å². The lowest BCUT2D eigenvalue weighted by molar-refractivity contribution is -0.135. The number of amides is 1. The molecule has 2 atom stereocenters. The molecule has 1 N–H and O–H groups in total. The zero-order valence-corrected chi connectivity index (χ0v) is 15.9. The molecule has 0 bridgehead atoms. The molecule has 0 aromatic carbocycles. The summed E-state index contributed by atoms with van der Waals surface area (Å²) in [5, 5.41) is 18.9. The van der Waals surface area contributed by atoms with Gasteiger partial charge in [-0.05, 0) is 18.9 Å². The van der Waals surface area contributed by atoms with Gasteiger partial charge < -0.3 is 14.6 Å². The average Bonchev–Trinajstić information content (AvgIpc) is 3.14. The molecule has 2 aliphatic rings. The number of aliphatic hydroxyl groups is 1. The van der Waals surface area contributed by atoms with Crippen LogP contribution in [0.2, 0.25) is 0 Å². The van der Waals surface area contributed by atoms with E-state index in [1.54, 1.807) is 4.90 Å². The van der Waals surface area contributed by atoms with Gasteiger partial charge in [-0.25, -0.2) is 0 Å². The number of β-amino-alcohol motifs (C(OH)–C–C–N with tert-alkyl or cyclic N) is 1. The van der Waals surface area contributed by atoms with Gasteiger partial charge in [0.25, 0.3) is 0 Å². The quantitative estimate of drug-likeness (QED) is 0.870. The summed E-state index contributed by atoms with van der Waals surface area (Å²) in [6, 6.07) is -0.159. The van der Waals surface area contributed by atoms with Crippen LogP contribution in [0.3, 0.4) is 0 Å². The Morgan fingerprint density at radius 1 is 1.24 bits per heavy atom. The smallest absolute Gasteiger partial charge is 0.225 e. The van der Waals surface area contributed by atoms with Gasteiger partial charge in [0.2, 0.25) is 5.91 Å². The molecule has 7 nitrogen and oxygen atoms in total. The molecule has 0 saturated carbocycles. The van der Waals surface area contributed by atoms with Crippen LogP contribution in [0.4, 0.5) is 0 Å². The highest BCUT2D eigenvalue weighted by molar-refractivity contribution is 5.78. The van der Waals surface area contributed by atoms with Gasteiger partial charge in [-0.15, -0.1) is 10.2 Å². The van der Waals surface area contributed by atoms with E-state index < -0.39 is 6.10 Å². The molecule has 2 aliphatic heterocycles. The minimum atomic E-state index is -0.480. The van der Waals surface area contributed by atoms with Crippen molar-refractivity contribution in [1.82, 2.24) is 24.6 Å². The van der Waals surface area contributed by atoms with Crippen LogP contribution in [0.15, 0.2) is 0 Å². The number of hydrogen-bond donors (Lipinski definition) is 1. The van der Waals surface area contributed by atoms with E-state index in [1.165, 1.54) is 6.42 Å². The molecule has 1 saturated heterocycles. The van der Waals surface area contributed by atoms with Crippen LogP contribution < -0.4 is 0 Å². The monoisotopic (exact) mass is 349 g/mol. The molecular formula is C18H31N5O2. The number of carbonyl (C=O) groups excluding carboxylic acids is 1. The van der Waals surface area contributed by atoms with Gasteiger partial charge in [0.1, 0.15) is 5.82 Å². The van der Waals surface area contributed by atoms with Crippen molar-refractivity contribution in [3.05, 3.63) is 11.6 Å². The molecule has 1 fully saturated rings. The van der Waals surface area contributed by atoms with Crippen molar-refractivity contribution in [2.75, 3.05) is 19.6 Å². The van der Waals surface area contributed by atoms with Crippen LogP contribution in [0, 0.1) is 11.8 Å². The Labute approximate surface area is 150 Å². The molecule has 1 aromatic rings. The Bertz CT molecular complexity index is 613. The van der Waals surface area contributed by atoms with Gasteiger partial charge in [-0.2, -0.15) is 0 Å². The molecule has 3 rings (SSSR count). The fourth-order valence-corrected chi connectivity index (χ4v) is 3.74. The van der Waals surface area contributed by atoms with E-state index in [0.29, 0.717) is 18.9 Å². The Morgan fingerprint density at radius 3 is 2.68 bits per heavy atom. The maximum absolute atomic E-state index is 12.5. The minimum absolute atomic E-state index is 0.0771. The topological polar surface area (TPSA) is 74.5 Å². The van der Waals surface area contributed by atoms with E-state index in [2.05, 4.69) is 33.5 Å². The van der Waals surface area contributed by atoms with Crippen molar-refractivity contribution in [2.45, 2.75) is 65.8 Å². The second kappa shape index (κ2) is 7.41. The number of aliphatic hydroxyl groups excluding tert-OH is 1. The van der Waals surface area contributed by atoms with Crippen molar-refractivity contribution in [3.8, 4) is 0 Å². The van der Waals surface area contributed by atoms with Crippen LogP contribution in [0.1, 0.15) is 58.2 Å². The predicted molar refractivity (Wildman–Crippen MR) is 94.7 cm³/mol. The molecular weight excluding hydrogens is 318 g/mol. The minimum Gasteiger partial charge on any atom is -0.391 e. The molecule has 140 valence electrons. The van der Waals surface area contributed by atoms with Gasteiger partial charge >= 0.3 is 0 Å². The maximum atomic E-state index is 12.5. The maximum Gasteiger partial charge on any atom is 0.225 e. The summed E-state index contributed by atoms with van der Waals surface area (Å²) >= 11 is 0. The number of fused-ring (bicyclic) bond motifs is 1. The third-order valence-electron chi connectivity index (χ3n) is 5.24. The number of rotatable bonds is 5. The highest BCUT2D eigenvalue weighted by atomic mass is 16.3. The van der Waals surface area contributed by atoms with Crippen LogP contribution in [-0.4, -0.2) is 61.3 Å². The Morgan fingerprint density at radius 2 is 2.00 bits per heavy atom. The van der Waals surface area contributed by atoms with E-state index >= 15 is 0 Å². The first-order chi connectivity index (χ1) is 11.9. The lowest BCUT2D eigenvalue weighted by Gasteiger charge is -2.30. The molecule has 0 spiro atoms. The fourth-order valence-electron chi connectivity index (χ4n) is 3.74. The summed E-state index contributed by atoms with van der Waals surface area (Å²) in [6.07, 6.45) is 1.26. The van der Waals surface area contributed by atoms with Crippen molar-refractivity contribution in [1.29, 1.82) is 0 Å². The Hall–Kier alpha value is -1.47. The summed E-state index contributed by atoms with van der Waals surface area (Å²) in [7, 11) is 0. The van der Waals surface area contributed by atoms with Gasteiger partial charge in [0, 0.05) is 32.0 Å². The van der Waals surface area contributed by atoms with Crippen molar-refractivity contribution < 1.29 is 9.90 Å². The molecule has 1 aromatic heterocycles. The summed E-state index contributed by atoms with van der Waals surface area (Å²) < 4.78 is 2.16. The van der Waals surface area contributed by atoms with Crippen LogP contribution in [0.25, 0.3) is 0 Å². The highest BCUT2D eigenvalue weighted by Gasteiger charge is 2.39. The van der Waals surface area contributed by atoms with Gasteiger partial charge in [0.05, 0.1) is 18.7 Å². The normalized spacial score (nSPS) is 24.4. The largest absolute Gasteiger partial charge is 0.391 e. The second-order valence-corrected chi connectivity index (χ2v) is 8.14. The second-order valence-electron chi connectivity index (χ2n) is 8.14. The fraction of sp³-hybridized carbons (Fsp3) is 0.833. The molecule has 25 heavy (non-hydrogen) atoms. The highest BCUT2D eigenvalue weighted by Crippen LogP contribution is 2.33. The molecule has 0 radical (unpaired) electrons. The molecule has 1 amide bonds. The zero-order chi connectivity index (χ0) is 18.1. The first-order valence-electron chi connectivity index (χ1n) is 9.49. The van der Waals surface area contributed by atoms with Crippen molar-refractivity contribution in [2.24, 2.45) is 11.8 Å². The molecule has 0 unspecified atom stereocenters. The lowest BCUT2D eigenvalue weighted by atomic mass is 10.1. The summed E-state index contributed by atoms with van der Waals surface area (Å²) in [6.45, 7) is 12.4. The first kappa shape index (κ1) is 18.3. The molecule has 3 heterocycles. The van der Waals surface area contributed by atoms with Crippen molar-refractivity contribution in [3.63, 3.8) is 0 Å². The summed E-state index contributed by atoms with van der Waals surface area (Å²) in [4.78, 5) is 16.7. The lowest BCUT2D eigenvalue weighted by Crippen LogP contribution is -2.38. The number of likely N-dealkylation sites (tertiary alicyclic amines) is 1. The first-order valence-corrected chi connectivity index (χ1v) is 9.49. The van der Waals surface area contributed by atoms with Crippen LogP contribution >= 0.6 is 0 Å². The predicted octanol–water partition coefficient (Wildman–Crippen LogP) is 1.43. The average molecular weight is 349 g/mol. The standard InChI is InChI=1S/C18H31N5O2/c1-12(2)5-6-21-7-8-22-16(11-21)19-20-17(22)15-9-14(24)10-23(15)18(25)13(3)4/h12-15,24H,5-11H2,1-4H3/t14-,15+/m1/s1. The molecule has 0 aliphatic carbocycles. The van der Waals surface area contributed by atoms with Gasteiger partial charge in [-0.3, -0.25) is 9.69 Å². The Balaban J connectivity index is 1.75. The third kappa shape index (κ3) is 3.87. The number of aromatic nitrogens is 3. The number of hydrogen-bond acceptors (Lipinski definition) is 5. The van der Waals surface area contributed by atoms with E-state index in [0.717, 1.165) is 37.8 Å². The summed E-state index contributed by atoms with van der Waals surface area (Å²) in [5.41, 5.74) is 0. The van der Waals surface area contributed by atoms with E-state index in [-0.39, 0.29) is 17.9 Å². The zero-order valence-electron chi connectivity index (χ0n) is 15.9. The third-order valence-corrected chi connectivity index (χ3v) is 5.24. The SMILES string of the molecule is CC(C)CCN1CCn2c(nnc2[C@@H]2C[C@@H](O)CN2C(=O)C(C)C)C1. The summed E-state index contributed by atoms with van der Waals surface area (Å²) in [5.74, 6) is 2.51. The van der Waals surface area contributed by atoms with Crippen LogP contribution in [0.5, 0.6) is 0 Å². The number of carbonyl (C=O) groups is 1. The number of nitrogens with zero attached hydrogens (tertiary/aromatic N) is 5. The van der Waals surface area contributed by atoms with Crippen LogP contribution in [-0.2, 0) is 17.9 Å². The van der Waals surface area contributed by atoms with Crippen molar-refractivity contribution >= 4 is 5.91 Å². The van der Waals surface area contributed by atoms with E-state index in [9.17, 15) is 9.90 Å². The van der Waals surface area contributed by atoms with Gasteiger partial charge in [-0.1, -0.05) is 27.7 Å². The van der Waals surface area contributed by atoms with E-state index in [1.807, 2.05) is 13.8 Å².